The lowest BCUT2D eigenvalue weighted by atomic mass is 10.1. The van der Waals surface area contributed by atoms with Crippen LogP contribution in [0.25, 0.3) is 17.0 Å². The summed E-state index contributed by atoms with van der Waals surface area (Å²) in [4.78, 5) is 13.3. The summed E-state index contributed by atoms with van der Waals surface area (Å²) in [6.45, 7) is 6.06. The molecule has 0 fully saturated rings. The van der Waals surface area contributed by atoms with Crippen molar-refractivity contribution >= 4 is 17.2 Å². The predicted molar refractivity (Wildman–Crippen MR) is 80.1 cm³/mol. The molecule has 0 aliphatic heterocycles. The number of imidazole rings is 1. The van der Waals surface area contributed by atoms with Gasteiger partial charge in [0.1, 0.15) is 16.6 Å². The van der Waals surface area contributed by atoms with E-state index in [4.69, 9.17) is 11.6 Å². The molecule has 0 radical (unpaired) electrons. The Kier molecular flexibility index (Phi) is 3.18. The Hall–Kier alpha value is -1.94. The molecule has 0 saturated heterocycles. The quantitative estimate of drug-likeness (QED) is 0.672. The molecule has 102 valence electrons. The lowest BCUT2D eigenvalue weighted by molar-refractivity contribution is 0.772. The smallest absolute Gasteiger partial charge is 0.137 e. The SMILES string of the molecule is Cc1c(Cl)nc(C(C)C)nc1-c1cccc2nccn12. The maximum Gasteiger partial charge on any atom is 0.137 e. The van der Waals surface area contributed by atoms with Gasteiger partial charge in [0.15, 0.2) is 0 Å². The van der Waals surface area contributed by atoms with E-state index in [0.29, 0.717) is 5.15 Å². The molecule has 0 unspecified atom stereocenters. The molecule has 4 nitrogen and oxygen atoms in total. The van der Waals surface area contributed by atoms with E-state index >= 15 is 0 Å². The van der Waals surface area contributed by atoms with Crippen molar-refractivity contribution in [2.45, 2.75) is 26.7 Å². The largest absolute Gasteiger partial charge is 0.298 e. The highest BCUT2D eigenvalue weighted by Gasteiger charge is 2.15. The summed E-state index contributed by atoms with van der Waals surface area (Å²) < 4.78 is 2.01. The molecule has 0 aromatic carbocycles. The Bertz CT molecular complexity index is 777. The summed E-state index contributed by atoms with van der Waals surface area (Å²) in [5, 5.41) is 0.510. The Labute approximate surface area is 122 Å². The van der Waals surface area contributed by atoms with Crippen molar-refractivity contribution in [3.05, 3.63) is 47.1 Å². The van der Waals surface area contributed by atoms with Crippen molar-refractivity contribution in [1.29, 1.82) is 0 Å². The van der Waals surface area contributed by atoms with Gasteiger partial charge in [-0.05, 0) is 19.1 Å². The number of pyridine rings is 1. The number of halogens is 1. The molecule has 20 heavy (non-hydrogen) atoms. The lowest BCUT2D eigenvalue weighted by Crippen LogP contribution is -2.04. The molecule has 0 saturated carbocycles. The zero-order chi connectivity index (χ0) is 14.3. The van der Waals surface area contributed by atoms with Gasteiger partial charge in [0, 0.05) is 23.9 Å². The first-order valence-electron chi connectivity index (χ1n) is 6.54. The van der Waals surface area contributed by atoms with Crippen LogP contribution in [-0.4, -0.2) is 19.4 Å². The van der Waals surface area contributed by atoms with Crippen LogP contribution in [0, 0.1) is 6.92 Å². The fourth-order valence-electron chi connectivity index (χ4n) is 2.15. The molecule has 0 N–H and O–H groups in total. The molecule has 0 aliphatic carbocycles. The van der Waals surface area contributed by atoms with Crippen LogP contribution < -0.4 is 0 Å². The molecule has 0 atom stereocenters. The molecule has 0 bridgehead atoms. The molecular formula is C15H15ClN4. The molecule has 3 aromatic rings. The van der Waals surface area contributed by atoms with Gasteiger partial charge >= 0.3 is 0 Å². The first kappa shape index (κ1) is 13.1. The third-order valence-electron chi connectivity index (χ3n) is 3.29. The van der Waals surface area contributed by atoms with Gasteiger partial charge in [0.2, 0.25) is 0 Å². The third kappa shape index (κ3) is 2.06. The second-order valence-corrected chi connectivity index (χ2v) is 5.43. The summed E-state index contributed by atoms with van der Waals surface area (Å²) in [5.41, 5.74) is 3.61. The molecule has 0 amide bonds. The minimum atomic E-state index is 0.230. The van der Waals surface area contributed by atoms with E-state index in [9.17, 15) is 0 Å². The number of fused-ring (bicyclic) bond motifs is 1. The van der Waals surface area contributed by atoms with Crippen LogP contribution >= 0.6 is 11.6 Å². The van der Waals surface area contributed by atoms with Gasteiger partial charge < -0.3 is 0 Å². The summed E-state index contributed by atoms with van der Waals surface area (Å²) in [5.74, 6) is 0.988. The van der Waals surface area contributed by atoms with Gasteiger partial charge in [-0.1, -0.05) is 31.5 Å². The van der Waals surface area contributed by atoms with Gasteiger partial charge in [0.05, 0.1) is 11.4 Å². The first-order chi connectivity index (χ1) is 9.58. The monoisotopic (exact) mass is 286 g/mol. The van der Waals surface area contributed by atoms with Crippen LogP contribution in [0.1, 0.15) is 31.2 Å². The fourth-order valence-corrected chi connectivity index (χ4v) is 2.33. The van der Waals surface area contributed by atoms with E-state index in [1.165, 1.54) is 0 Å². The van der Waals surface area contributed by atoms with Crippen molar-refractivity contribution in [3.8, 4) is 11.4 Å². The number of hydrogen-bond donors (Lipinski definition) is 0. The Balaban J connectivity index is 2.31. The van der Waals surface area contributed by atoms with Gasteiger partial charge in [-0.15, -0.1) is 0 Å². The number of rotatable bonds is 2. The molecule has 3 aromatic heterocycles. The van der Waals surface area contributed by atoms with Crippen LogP contribution in [0.5, 0.6) is 0 Å². The van der Waals surface area contributed by atoms with E-state index in [1.807, 2.05) is 35.7 Å². The summed E-state index contributed by atoms with van der Waals surface area (Å²) in [6, 6.07) is 5.96. The van der Waals surface area contributed by atoms with Gasteiger partial charge in [-0.25, -0.2) is 15.0 Å². The van der Waals surface area contributed by atoms with Crippen LogP contribution in [0.4, 0.5) is 0 Å². The Morgan fingerprint density at radius 3 is 2.75 bits per heavy atom. The van der Waals surface area contributed by atoms with Crippen molar-refractivity contribution in [3.63, 3.8) is 0 Å². The van der Waals surface area contributed by atoms with Crippen LogP contribution in [0.3, 0.4) is 0 Å². The van der Waals surface area contributed by atoms with Crippen molar-refractivity contribution in [2.75, 3.05) is 0 Å². The number of hydrogen-bond acceptors (Lipinski definition) is 3. The van der Waals surface area contributed by atoms with E-state index in [0.717, 1.165) is 28.4 Å². The van der Waals surface area contributed by atoms with Gasteiger partial charge in [-0.3, -0.25) is 4.40 Å². The zero-order valence-electron chi connectivity index (χ0n) is 11.6. The van der Waals surface area contributed by atoms with Crippen molar-refractivity contribution < 1.29 is 0 Å². The minimum Gasteiger partial charge on any atom is -0.298 e. The fraction of sp³-hybridized carbons (Fsp3) is 0.267. The summed E-state index contributed by atoms with van der Waals surface area (Å²) in [6.07, 6.45) is 3.70. The topological polar surface area (TPSA) is 43.1 Å². The highest BCUT2D eigenvalue weighted by atomic mass is 35.5. The molecular weight excluding hydrogens is 272 g/mol. The van der Waals surface area contributed by atoms with Crippen LogP contribution in [-0.2, 0) is 0 Å². The molecule has 3 rings (SSSR count). The van der Waals surface area contributed by atoms with Crippen LogP contribution in [0.2, 0.25) is 5.15 Å². The zero-order valence-corrected chi connectivity index (χ0v) is 12.4. The standard InChI is InChI=1S/C15H15ClN4/c1-9(2)15-18-13(10(3)14(16)19-15)11-5-4-6-12-17-7-8-20(11)12/h4-9H,1-3H3. The van der Waals surface area contributed by atoms with Crippen LogP contribution in [0.15, 0.2) is 30.6 Å². The maximum absolute atomic E-state index is 6.26. The highest BCUT2D eigenvalue weighted by Crippen LogP contribution is 2.27. The molecule has 3 heterocycles. The second kappa shape index (κ2) is 4.87. The van der Waals surface area contributed by atoms with Crippen molar-refractivity contribution in [1.82, 2.24) is 19.4 Å². The lowest BCUT2D eigenvalue weighted by Gasteiger charge is -2.12. The summed E-state index contributed by atoms with van der Waals surface area (Å²) in [7, 11) is 0. The predicted octanol–water partition coefficient (Wildman–Crippen LogP) is 3.88. The van der Waals surface area contributed by atoms with Crippen molar-refractivity contribution in [2.24, 2.45) is 0 Å². The Morgan fingerprint density at radius 2 is 2.00 bits per heavy atom. The number of aromatic nitrogens is 4. The van der Waals surface area contributed by atoms with Gasteiger partial charge in [0.25, 0.3) is 0 Å². The first-order valence-corrected chi connectivity index (χ1v) is 6.92. The average Bonchev–Trinajstić information content (AvgIpc) is 2.89. The average molecular weight is 287 g/mol. The maximum atomic E-state index is 6.26. The van der Waals surface area contributed by atoms with E-state index < -0.39 is 0 Å². The third-order valence-corrected chi connectivity index (χ3v) is 3.66. The van der Waals surface area contributed by atoms with E-state index in [2.05, 4.69) is 28.8 Å². The number of nitrogens with zero attached hydrogens (tertiary/aromatic N) is 4. The molecule has 0 aliphatic rings. The highest BCUT2D eigenvalue weighted by molar-refractivity contribution is 6.30. The molecule has 0 spiro atoms. The normalized spacial score (nSPS) is 11.4. The Morgan fingerprint density at radius 1 is 1.20 bits per heavy atom. The van der Waals surface area contributed by atoms with E-state index in [-0.39, 0.29) is 5.92 Å². The minimum absolute atomic E-state index is 0.230. The molecule has 5 heteroatoms. The van der Waals surface area contributed by atoms with Gasteiger partial charge in [-0.2, -0.15) is 0 Å². The van der Waals surface area contributed by atoms with E-state index in [1.54, 1.807) is 6.20 Å². The second-order valence-electron chi connectivity index (χ2n) is 5.07. The summed E-state index contributed by atoms with van der Waals surface area (Å²) >= 11 is 6.26.